The molecule has 2 aromatic carbocycles. The molecule has 0 bridgehead atoms. The smallest absolute Gasteiger partial charge is 0.120 e. The molecule has 0 heterocycles. The first-order valence-corrected chi connectivity index (χ1v) is 6.30. The average Bonchev–Trinajstić information content (AvgIpc) is 2.41. The fourth-order valence-corrected chi connectivity index (χ4v) is 2.06. The van der Waals surface area contributed by atoms with Gasteiger partial charge < -0.3 is 15.4 Å². The molecule has 0 saturated carbocycles. The molecule has 0 radical (unpaired) electrons. The molecule has 0 amide bonds. The largest absolute Gasteiger partial charge is 0.497 e. The third-order valence-electron chi connectivity index (χ3n) is 3.20. The Balaban J connectivity index is 2.17. The van der Waals surface area contributed by atoms with E-state index in [4.69, 9.17) is 10.5 Å². The van der Waals surface area contributed by atoms with Crippen LogP contribution in [0.2, 0.25) is 0 Å². The fourth-order valence-electron chi connectivity index (χ4n) is 2.06. The number of hydrogen-bond acceptors (Lipinski definition) is 3. The SMILES string of the molecule is COc1ccc(CN(C)c2cccc(C)c2)c(N)c1. The summed E-state index contributed by atoms with van der Waals surface area (Å²) in [5, 5.41) is 0. The second-order valence-corrected chi connectivity index (χ2v) is 4.76. The predicted molar refractivity (Wildman–Crippen MR) is 80.7 cm³/mol. The second-order valence-electron chi connectivity index (χ2n) is 4.76. The molecule has 0 fully saturated rings. The molecule has 19 heavy (non-hydrogen) atoms. The van der Waals surface area contributed by atoms with E-state index in [0.29, 0.717) is 0 Å². The van der Waals surface area contributed by atoms with Crippen molar-refractivity contribution in [2.75, 3.05) is 24.8 Å². The van der Waals surface area contributed by atoms with Crippen LogP contribution in [-0.4, -0.2) is 14.2 Å². The molecular formula is C16H20N2O. The molecule has 2 N–H and O–H groups in total. The van der Waals surface area contributed by atoms with E-state index in [2.05, 4.69) is 43.1 Å². The molecule has 0 spiro atoms. The Bertz CT molecular complexity index is 566. The molecule has 2 aromatic rings. The van der Waals surface area contributed by atoms with E-state index >= 15 is 0 Å². The number of nitrogens with two attached hydrogens (primary N) is 1. The van der Waals surface area contributed by atoms with E-state index in [9.17, 15) is 0 Å². The van der Waals surface area contributed by atoms with Crippen molar-refractivity contribution in [2.24, 2.45) is 0 Å². The number of benzene rings is 2. The highest BCUT2D eigenvalue weighted by Gasteiger charge is 2.06. The van der Waals surface area contributed by atoms with Crippen molar-refractivity contribution >= 4 is 11.4 Å². The van der Waals surface area contributed by atoms with E-state index in [1.54, 1.807) is 7.11 Å². The summed E-state index contributed by atoms with van der Waals surface area (Å²) in [5.41, 5.74) is 10.4. The lowest BCUT2D eigenvalue weighted by Crippen LogP contribution is -2.17. The lowest BCUT2D eigenvalue weighted by atomic mass is 10.1. The summed E-state index contributed by atoms with van der Waals surface area (Å²) >= 11 is 0. The molecule has 0 atom stereocenters. The van der Waals surface area contributed by atoms with Gasteiger partial charge >= 0.3 is 0 Å². The van der Waals surface area contributed by atoms with Gasteiger partial charge in [-0.3, -0.25) is 0 Å². The van der Waals surface area contributed by atoms with Crippen LogP contribution in [0.3, 0.4) is 0 Å². The van der Waals surface area contributed by atoms with Crippen LogP contribution in [0, 0.1) is 6.92 Å². The normalized spacial score (nSPS) is 10.3. The number of hydrogen-bond donors (Lipinski definition) is 1. The Labute approximate surface area is 114 Å². The lowest BCUT2D eigenvalue weighted by Gasteiger charge is -2.21. The maximum Gasteiger partial charge on any atom is 0.120 e. The van der Waals surface area contributed by atoms with E-state index in [1.165, 1.54) is 11.3 Å². The van der Waals surface area contributed by atoms with Crippen molar-refractivity contribution in [1.29, 1.82) is 0 Å². The monoisotopic (exact) mass is 256 g/mol. The summed E-state index contributed by atoms with van der Waals surface area (Å²) < 4.78 is 5.16. The van der Waals surface area contributed by atoms with Crippen LogP contribution in [0.25, 0.3) is 0 Å². The summed E-state index contributed by atoms with van der Waals surface area (Å²) in [6.45, 7) is 2.87. The number of aryl methyl sites for hydroxylation is 1. The molecule has 0 aliphatic carbocycles. The number of rotatable bonds is 4. The molecular weight excluding hydrogens is 236 g/mol. The van der Waals surface area contributed by atoms with Crippen LogP contribution in [0.4, 0.5) is 11.4 Å². The number of ether oxygens (including phenoxy) is 1. The van der Waals surface area contributed by atoms with Gasteiger partial charge in [0.05, 0.1) is 7.11 Å². The van der Waals surface area contributed by atoms with Gasteiger partial charge in [-0.2, -0.15) is 0 Å². The highest BCUT2D eigenvalue weighted by molar-refractivity contribution is 5.55. The van der Waals surface area contributed by atoms with Crippen LogP contribution < -0.4 is 15.4 Å². The third kappa shape index (κ3) is 3.19. The first-order valence-electron chi connectivity index (χ1n) is 6.30. The molecule has 0 unspecified atom stereocenters. The van der Waals surface area contributed by atoms with Gasteiger partial charge in [0.15, 0.2) is 0 Å². The Hall–Kier alpha value is -2.16. The second kappa shape index (κ2) is 5.65. The van der Waals surface area contributed by atoms with Gasteiger partial charge in [-0.1, -0.05) is 18.2 Å². The summed E-state index contributed by atoms with van der Waals surface area (Å²) in [6, 6.07) is 14.2. The fraction of sp³-hybridized carbons (Fsp3) is 0.250. The standard InChI is InChI=1S/C16H20N2O/c1-12-5-4-6-14(9-12)18(2)11-13-7-8-15(19-3)10-16(13)17/h4-10H,11,17H2,1-3H3. The van der Waals surface area contributed by atoms with Crippen molar-refractivity contribution < 1.29 is 4.74 Å². The Morgan fingerprint density at radius 1 is 1.16 bits per heavy atom. The highest BCUT2D eigenvalue weighted by Crippen LogP contribution is 2.23. The van der Waals surface area contributed by atoms with Gasteiger partial charge in [0.25, 0.3) is 0 Å². The minimum atomic E-state index is 0.763. The van der Waals surface area contributed by atoms with E-state index in [-0.39, 0.29) is 0 Å². The van der Waals surface area contributed by atoms with Gasteiger partial charge in [0.1, 0.15) is 5.75 Å². The van der Waals surface area contributed by atoms with Crippen LogP contribution >= 0.6 is 0 Å². The van der Waals surface area contributed by atoms with Crippen molar-refractivity contribution in [1.82, 2.24) is 0 Å². The molecule has 2 rings (SSSR count). The van der Waals surface area contributed by atoms with Crippen LogP contribution in [0.1, 0.15) is 11.1 Å². The highest BCUT2D eigenvalue weighted by atomic mass is 16.5. The summed E-state index contributed by atoms with van der Waals surface area (Å²) in [4.78, 5) is 2.19. The summed E-state index contributed by atoms with van der Waals surface area (Å²) in [7, 11) is 3.71. The third-order valence-corrected chi connectivity index (χ3v) is 3.20. The number of anilines is 2. The zero-order valence-corrected chi connectivity index (χ0v) is 11.7. The molecule has 0 aliphatic heterocycles. The first-order chi connectivity index (χ1) is 9.10. The number of nitrogen functional groups attached to an aromatic ring is 1. The number of nitrogens with zero attached hydrogens (tertiary/aromatic N) is 1. The minimum absolute atomic E-state index is 0.763. The van der Waals surface area contributed by atoms with E-state index < -0.39 is 0 Å². The first kappa shape index (κ1) is 13.3. The Morgan fingerprint density at radius 3 is 2.58 bits per heavy atom. The van der Waals surface area contributed by atoms with Gasteiger partial charge in [-0.05, 0) is 36.2 Å². The van der Waals surface area contributed by atoms with Gasteiger partial charge in [0.2, 0.25) is 0 Å². The maximum absolute atomic E-state index is 6.05. The molecule has 3 heteroatoms. The van der Waals surface area contributed by atoms with Gasteiger partial charge in [0, 0.05) is 31.0 Å². The Morgan fingerprint density at radius 2 is 1.95 bits per heavy atom. The topological polar surface area (TPSA) is 38.5 Å². The van der Waals surface area contributed by atoms with Crippen LogP contribution in [-0.2, 0) is 6.54 Å². The molecule has 0 saturated heterocycles. The molecule has 0 aliphatic rings. The molecule has 0 aromatic heterocycles. The van der Waals surface area contributed by atoms with Crippen LogP contribution in [0.15, 0.2) is 42.5 Å². The predicted octanol–water partition coefficient (Wildman–Crippen LogP) is 3.22. The maximum atomic E-state index is 6.05. The van der Waals surface area contributed by atoms with Crippen molar-refractivity contribution in [3.8, 4) is 5.75 Å². The van der Waals surface area contributed by atoms with Crippen molar-refractivity contribution in [3.63, 3.8) is 0 Å². The van der Waals surface area contributed by atoms with Crippen molar-refractivity contribution in [3.05, 3.63) is 53.6 Å². The van der Waals surface area contributed by atoms with Crippen molar-refractivity contribution in [2.45, 2.75) is 13.5 Å². The quantitative estimate of drug-likeness (QED) is 0.854. The molecule has 100 valence electrons. The summed E-state index contributed by atoms with van der Waals surface area (Å²) in [5.74, 6) is 0.791. The molecule has 3 nitrogen and oxygen atoms in total. The van der Waals surface area contributed by atoms with Crippen LogP contribution in [0.5, 0.6) is 5.75 Å². The summed E-state index contributed by atoms with van der Waals surface area (Å²) in [6.07, 6.45) is 0. The van der Waals surface area contributed by atoms with Gasteiger partial charge in [-0.15, -0.1) is 0 Å². The zero-order valence-electron chi connectivity index (χ0n) is 11.7. The van der Waals surface area contributed by atoms with E-state index in [0.717, 1.165) is 23.5 Å². The van der Waals surface area contributed by atoms with E-state index in [1.807, 2.05) is 18.2 Å². The number of methoxy groups -OCH3 is 1. The lowest BCUT2D eigenvalue weighted by molar-refractivity contribution is 0.415. The zero-order chi connectivity index (χ0) is 13.8. The Kier molecular flexibility index (Phi) is 3.95. The minimum Gasteiger partial charge on any atom is -0.497 e. The van der Waals surface area contributed by atoms with Gasteiger partial charge in [-0.25, -0.2) is 0 Å². The average molecular weight is 256 g/mol.